The lowest BCUT2D eigenvalue weighted by Gasteiger charge is -2.35. The van der Waals surface area contributed by atoms with Gasteiger partial charge in [-0.3, -0.25) is 9.78 Å². The molecular formula is C25H32N4O6. The number of aromatic nitrogens is 2. The summed E-state index contributed by atoms with van der Waals surface area (Å²) in [5.41, 5.74) is 0.412. The molecule has 188 valence electrons. The summed E-state index contributed by atoms with van der Waals surface area (Å²) < 4.78 is 10.9. The van der Waals surface area contributed by atoms with Crippen LogP contribution in [0.15, 0.2) is 25.2 Å². The molecule has 3 fully saturated rings. The molecule has 0 aromatic carbocycles. The van der Waals surface area contributed by atoms with Crippen LogP contribution in [-0.2, 0) is 11.2 Å². The van der Waals surface area contributed by atoms with E-state index >= 15 is 0 Å². The molecule has 2 aliphatic heterocycles. The molecule has 1 amide bonds. The van der Waals surface area contributed by atoms with Gasteiger partial charge in [0.05, 0.1) is 5.71 Å². The Morgan fingerprint density at radius 3 is 2.63 bits per heavy atom. The summed E-state index contributed by atoms with van der Waals surface area (Å²) in [6.07, 6.45) is 10.5. The van der Waals surface area contributed by atoms with Crippen molar-refractivity contribution in [3.05, 3.63) is 32.4 Å². The molecular weight excluding hydrogens is 452 g/mol. The van der Waals surface area contributed by atoms with Crippen LogP contribution >= 0.6 is 0 Å². The van der Waals surface area contributed by atoms with Crippen molar-refractivity contribution in [2.75, 3.05) is 0 Å². The van der Waals surface area contributed by atoms with E-state index in [1.807, 2.05) is 4.90 Å². The number of H-pyrrole nitrogens is 1. The Labute approximate surface area is 202 Å². The number of oxime groups is 1. The SMILES string of the molecule is CCCCCc1cc(=O)oc2nc(ON=C3CC4CCC(C3)N4C(=O)OC3CCCC3)[nH]c(=O)c12. The minimum Gasteiger partial charge on any atom is -0.446 e. The summed E-state index contributed by atoms with van der Waals surface area (Å²) in [5.74, 6) is 0. The number of unbranched alkanes of at least 4 members (excludes halogenated alkanes) is 2. The van der Waals surface area contributed by atoms with Crippen LogP contribution in [0.25, 0.3) is 11.1 Å². The second-order valence-electron chi connectivity index (χ2n) is 9.84. The highest BCUT2D eigenvalue weighted by Crippen LogP contribution is 2.36. The first-order chi connectivity index (χ1) is 17.0. The van der Waals surface area contributed by atoms with Crippen LogP contribution in [0, 0.1) is 0 Å². The Bertz CT molecular complexity index is 1210. The fourth-order valence-corrected chi connectivity index (χ4v) is 5.61. The third-order valence-corrected chi connectivity index (χ3v) is 7.33. The Morgan fingerprint density at radius 2 is 1.91 bits per heavy atom. The van der Waals surface area contributed by atoms with Gasteiger partial charge in [0.2, 0.25) is 5.71 Å². The lowest BCUT2D eigenvalue weighted by Crippen LogP contribution is -2.47. The molecule has 1 saturated carbocycles. The average Bonchev–Trinajstić information content (AvgIpc) is 3.42. The lowest BCUT2D eigenvalue weighted by atomic mass is 10.0. The Hall–Kier alpha value is -3.17. The summed E-state index contributed by atoms with van der Waals surface area (Å²) in [5, 5.41) is 4.50. The van der Waals surface area contributed by atoms with Crippen molar-refractivity contribution in [3.63, 3.8) is 0 Å². The number of piperidine rings is 1. The van der Waals surface area contributed by atoms with Crippen LogP contribution in [0.1, 0.15) is 83.1 Å². The molecule has 10 nitrogen and oxygen atoms in total. The number of nitrogens with zero attached hydrogens (tertiary/aromatic N) is 3. The summed E-state index contributed by atoms with van der Waals surface area (Å²) in [6, 6.07) is 1.31. The van der Waals surface area contributed by atoms with Gasteiger partial charge in [-0.15, -0.1) is 0 Å². The molecule has 2 atom stereocenters. The van der Waals surface area contributed by atoms with Crippen molar-refractivity contribution in [1.29, 1.82) is 0 Å². The molecule has 2 bridgehead atoms. The molecule has 1 aliphatic carbocycles. The number of rotatable bonds is 7. The van der Waals surface area contributed by atoms with Gasteiger partial charge in [-0.05, 0) is 56.9 Å². The maximum Gasteiger partial charge on any atom is 0.410 e. The van der Waals surface area contributed by atoms with E-state index < -0.39 is 11.2 Å². The topological polar surface area (TPSA) is 127 Å². The van der Waals surface area contributed by atoms with E-state index in [9.17, 15) is 14.4 Å². The predicted octanol–water partition coefficient (Wildman–Crippen LogP) is 4.05. The highest BCUT2D eigenvalue weighted by molar-refractivity contribution is 5.88. The number of nitrogens with one attached hydrogen (secondary N) is 1. The van der Waals surface area contributed by atoms with Gasteiger partial charge >= 0.3 is 17.7 Å². The largest absolute Gasteiger partial charge is 0.446 e. The fourth-order valence-electron chi connectivity index (χ4n) is 5.61. The molecule has 5 rings (SSSR count). The monoisotopic (exact) mass is 484 g/mol. The number of fused-ring (bicyclic) bond motifs is 3. The predicted molar refractivity (Wildman–Crippen MR) is 129 cm³/mol. The molecule has 2 aromatic heterocycles. The maximum absolute atomic E-state index is 12.7. The van der Waals surface area contributed by atoms with Crippen LogP contribution < -0.4 is 16.0 Å². The summed E-state index contributed by atoms with van der Waals surface area (Å²) in [7, 11) is 0. The van der Waals surface area contributed by atoms with E-state index in [1.165, 1.54) is 6.07 Å². The second kappa shape index (κ2) is 10.2. The van der Waals surface area contributed by atoms with Crippen LogP contribution in [0.2, 0.25) is 0 Å². The fraction of sp³-hybridized carbons (Fsp3) is 0.640. The van der Waals surface area contributed by atoms with Gasteiger partial charge in [0.15, 0.2) is 0 Å². The van der Waals surface area contributed by atoms with Crippen molar-refractivity contribution >= 4 is 22.9 Å². The van der Waals surface area contributed by atoms with Crippen LogP contribution in [0.5, 0.6) is 6.01 Å². The van der Waals surface area contributed by atoms with Crippen molar-refractivity contribution in [2.45, 2.75) is 102 Å². The van der Waals surface area contributed by atoms with Crippen molar-refractivity contribution in [3.8, 4) is 6.01 Å². The number of aromatic amines is 1. The third kappa shape index (κ3) is 5.11. The number of hydrogen-bond donors (Lipinski definition) is 1. The molecule has 4 heterocycles. The quantitative estimate of drug-likeness (QED) is 0.464. The molecule has 35 heavy (non-hydrogen) atoms. The lowest BCUT2D eigenvalue weighted by molar-refractivity contribution is 0.0496. The van der Waals surface area contributed by atoms with Crippen molar-refractivity contribution in [1.82, 2.24) is 14.9 Å². The van der Waals surface area contributed by atoms with Crippen molar-refractivity contribution in [2.24, 2.45) is 5.16 Å². The Morgan fingerprint density at radius 1 is 1.17 bits per heavy atom. The van der Waals surface area contributed by atoms with E-state index in [0.29, 0.717) is 24.8 Å². The highest BCUT2D eigenvalue weighted by atomic mass is 16.6. The van der Waals surface area contributed by atoms with E-state index in [4.69, 9.17) is 14.0 Å². The summed E-state index contributed by atoms with van der Waals surface area (Å²) in [4.78, 5) is 51.6. The maximum atomic E-state index is 12.7. The molecule has 10 heteroatoms. The Balaban J connectivity index is 1.28. The number of aryl methyl sites for hydroxylation is 1. The van der Waals surface area contributed by atoms with E-state index in [-0.39, 0.29) is 41.4 Å². The zero-order valence-corrected chi connectivity index (χ0v) is 20.1. The molecule has 2 unspecified atom stereocenters. The van der Waals surface area contributed by atoms with E-state index in [2.05, 4.69) is 22.0 Å². The summed E-state index contributed by atoms with van der Waals surface area (Å²) in [6.45, 7) is 2.09. The number of carbonyl (C=O) groups is 1. The van der Waals surface area contributed by atoms with Gasteiger partial charge < -0.3 is 18.9 Å². The highest BCUT2D eigenvalue weighted by Gasteiger charge is 2.43. The summed E-state index contributed by atoms with van der Waals surface area (Å²) >= 11 is 0. The zero-order chi connectivity index (χ0) is 24.4. The standard InChI is InChI=1S/C25H32N4O6/c1-2-3-4-7-15-12-20(30)34-23-21(15)22(31)26-24(27-23)35-28-16-13-17-10-11-18(14-16)29(17)25(32)33-19-8-5-6-9-19/h12,17-19H,2-11,13-14H2,1H3,(H,26,27,31). The average molecular weight is 485 g/mol. The van der Waals surface area contributed by atoms with Crippen molar-refractivity contribution < 1.29 is 18.8 Å². The molecule has 0 spiro atoms. The zero-order valence-electron chi connectivity index (χ0n) is 20.1. The van der Waals surface area contributed by atoms with Gasteiger partial charge in [0.1, 0.15) is 11.5 Å². The van der Waals surface area contributed by atoms with Gasteiger partial charge in [0, 0.05) is 31.0 Å². The second-order valence-corrected chi connectivity index (χ2v) is 9.84. The van der Waals surface area contributed by atoms with Crippen LogP contribution in [-0.4, -0.2) is 44.9 Å². The normalized spacial score (nSPS) is 22.1. The first-order valence-corrected chi connectivity index (χ1v) is 12.8. The first-order valence-electron chi connectivity index (χ1n) is 12.8. The van der Waals surface area contributed by atoms with E-state index in [0.717, 1.165) is 63.5 Å². The Kier molecular flexibility index (Phi) is 6.88. The molecule has 2 aromatic rings. The third-order valence-electron chi connectivity index (χ3n) is 7.33. The molecule has 2 saturated heterocycles. The molecule has 3 aliphatic rings. The number of hydrogen-bond acceptors (Lipinski definition) is 8. The number of amides is 1. The number of ether oxygens (including phenoxy) is 1. The molecule has 1 N–H and O–H groups in total. The van der Waals surface area contributed by atoms with Crippen LogP contribution in [0.4, 0.5) is 4.79 Å². The molecule has 0 radical (unpaired) electrons. The number of carbonyl (C=O) groups excluding carboxylic acids is 1. The van der Waals surface area contributed by atoms with Gasteiger partial charge in [-0.1, -0.05) is 24.9 Å². The van der Waals surface area contributed by atoms with E-state index in [1.54, 1.807) is 0 Å². The minimum atomic E-state index is -0.548. The van der Waals surface area contributed by atoms with Crippen LogP contribution in [0.3, 0.4) is 0 Å². The van der Waals surface area contributed by atoms with Gasteiger partial charge in [0.25, 0.3) is 5.56 Å². The smallest absolute Gasteiger partial charge is 0.410 e. The van der Waals surface area contributed by atoms with Gasteiger partial charge in [-0.2, -0.15) is 4.98 Å². The minimum absolute atomic E-state index is 0.0392. The first kappa shape index (κ1) is 23.6. The van der Waals surface area contributed by atoms with Gasteiger partial charge in [-0.25, -0.2) is 9.59 Å².